The highest BCUT2D eigenvalue weighted by Crippen LogP contribution is 2.43. The van der Waals surface area contributed by atoms with Gasteiger partial charge in [-0.2, -0.15) is 0 Å². The Morgan fingerprint density at radius 1 is 1.26 bits per heavy atom. The molecule has 0 bridgehead atoms. The van der Waals surface area contributed by atoms with Crippen LogP contribution in [0, 0.1) is 5.92 Å². The lowest BCUT2D eigenvalue weighted by atomic mass is 9.77. The van der Waals surface area contributed by atoms with Gasteiger partial charge in [-0.1, -0.05) is 12.1 Å². The minimum absolute atomic E-state index is 0.0403. The van der Waals surface area contributed by atoms with Crippen molar-refractivity contribution in [1.82, 2.24) is 14.4 Å². The minimum atomic E-state index is -0.841. The van der Waals surface area contributed by atoms with Gasteiger partial charge in [-0.25, -0.2) is 0 Å². The van der Waals surface area contributed by atoms with E-state index in [2.05, 4.69) is 46.9 Å². The third-order valence-corrected chi connectivity index (χ3v) is 6.73. The number of carbonyl (C=O) groups is 2. The average Bonchev–Trinajstić information content (AvgIpc) is 3.19. The lowest BCUT2D eigenvalue weighted by Crippen LogP contribution is -2.55. The Kier molecular flexibility index (Phi) is 4.46. The highest BCUT2D eigenvalue weighted by molar-refractivity contribution is 5.88. The second-order valence-corrected chi connectivity index (χ2v) is 7.88. The van der Waals surface area contributed by atoms with Crippen molar-refractivity contribution >= 4 is 22.8 Å². The number of hydrogen-bond acceptors (Lipinski definition) is 3. The number of aliphatic carboxylic acids is 1. The van der Waals surface area contributed by atoms with Crippen molar-refractivity contribution in [2.24, 2.45) is 5.92 Å². The van der Waals surface area contributed by atoms with Crippen molar-refractivity contribution in [3.8, 4) is 0 Å². The van der Waals surface area contributed by atoms with E-state index in [-0.39, 0.29) is 12.3 Å². The van der Waals surface area contributed by atoms with E-state index in [1.807, 2.05) is 0 Å². The van der Waals surface area contributed by atoms with Gasteiger partial charge in [-0.05, 0) is 37.5 Å². The SMILES string of the molecule is CCn1ccc2c(CN3CCC4(CC3)C(C(=O)O)CC(=O)N4C)cccc21. The molecule has 1 atom stereocenters. The molecule has 4 rings (SSSR count). The van der Waals surface area contributed by atoms with Gasteiger partial charge in [0.05, 0.1) is 11.5 Å². The van der Waals surface area contributed by atoms with Crippen LogP contribution in [0.3, 0.4) is 0 Å². The number of fused-ring (bicyclic) bond motifs is 1. The van der Waals surface area contributed by atoms with Gasteiger partial charge in [0.15, 0.2) is 0 Å². The van der Waals surface area contributed by atoms with E-state index in [0.717, 1.165) is 39.0 Å². The quantitative estimate of drug-likeness (QED) is 0.900. The second kappa shape index (κ2) is 6.68. The summed E-state index contributed by atoms with van der Waals surface area (Å²) in [5.74, 6) is -1.47. The Labute approximate surface area is 159 Å². The lowest BCUT2D eigenvalue weighted by molar-refractivity contribution is -0.146. The van der Waals surface area contributed by atoms with Crippen molar-refractivity contribution in [3.63, 3.8) is 0 Å². The van der Waals surface area contributed by atoms with Crippen LogP contribution in [0.4, 0.5) is 0 Å². The monoisotopic (exact) mass is 369 g/mol. The molecule has 1 spiro atoms. The van der Waals surface area contributed by atoms with Crippen molar-refractivity contribution in [1.29, 1.82) is 0 Å². The molecule has 0 saturated carbocycles. The minimum Gasteiger partial charge on any atom is -0.481 e. The van der Waals surface area contributed by atoms with Crippen LogP contribution in [0.1, 0.15) is 31.7 Å². The van der Waals surface area contributed by atoms with E-state index < -0.39 is 17.4 Å². The molecule has 1 amide bonds. The van der Waals surface area contributed by atoms with Gasteiger partial charge in [0.25, 0.3) is 0 Å². The normalized spacial score (nSPS) is 22.8. The lowest BCUT2D eigenvalue weighted by Gasteiger charge is -2.45. The number of carbonyl (C=O) groups excluding carboxylic acids is 1. The van der Waals surface area contributed by atoms with Crippen LogP contribution in [0.25, 0.3) is 10.9 Å². The fraction of sp³-hybridized carbons (Fsp3) is 0.524. The average molecular weight is 369 g/mol. The topological polar surface area (TPSA) is 65.8 Å². The highest BCUT2D eigenvalue weighted by Gasteiger charge is 2.55. The molecule has 2 aliphatic heterocycles. The summed E-state index contributed by atoms with van der Waals surface area (Å²) < 4.78 is 2.25. The maximum absolute atomic E-state index is 12.2. The first kappa shape index (κ1) is 18.0. The molecule has 0 radical (unpaired) electrons. The molecule has 6 nitrogen and oxygen atoms in total. The van der Waals surface area contributed by atoms with Gasteiger partial charge in [0.2, 0.25) is 5.91 Å². The van der Waals surface area contributed by atoms with Gasteiger partial charge in [0, 0.05) is 56.7 Å². The number of rotatable bonds is 4. The number of aryl methyl sites for hydroxylation is 1. The molecular formula is C21H27N3O3. The van der Waals surface area contributed by atoms with Crippen LogP contribution in [0.5, 0.6) is 0 Å². The molecule has 144 valence electrons. The Bertz CT molecular complexity index is 880. The molecule has 2 aliphatic rings. The number of nitrogens with zero attached hydrogens (tertiary/aromatic N) is 3. The van der Waals surface area contributed by atoms with Crippen LogP contribution < -0.4 is 0 Å². The molecule has 2 aromatic rings. The molecule has 1 aromatic carbocycles. The zero-order chi connectivity index (χ0) is 19.2. The predicted octanol–water partition coefficient (Wildman–Crippen LogP) is 2.56. The summed E-state index contributed by atoms with van der Waals surface area (Å²) in [5, 5.41) is 10.9. The Balaban J connectivity index is 1.51. The third kappa shape index (κ3) is 2.83. The third-order valence-electron chi connectivity index (χ3n) is 6.73. The van der Waals surface area contributed by atoms with E-state index >= 15 is 0 Å². The number of amides is 1. The summed E-state index contributed by atoms with van der Waals surface area (Å²) in [4.78, 5) is 28.0. The summed E-state index contributed by atoms with van der Waals surface area (Å²) in [7, 11) is 1.77. The zero-order valence-corrected chi connectivity index (χ0v) is 16.0. The van der Waals surface area contributed by atoms with E-state index in [4.69, 9.17) is 0 Å². The maximum Gasteiger partial charge on any atom is 0.309 e. The van der Waals surface area contributed by atoms with Gasteiger partial charge in [0.1, 0.15) is 0 Å². The van der Waals surface area contributed by atoms with Crippen LogP contribution in [-0.4, -0.2) is 57.0 Å². The zero-order valence-electron chi connectivity index (χ0n) is 16.0. The summed E-state index contributed by atoms with van der Waals surface area (Å²) in [6.07, 6.45) is 3.71. The van der Waals surface area contributed by atoms with E-state index in [9.17, 15) is 14.7 Å². The van der Waals surface area contributed by atoms with Gasteiger partial charge in [-0.15, -0.1) is 0 Å². The highest BCUT2D eigenvalue weighted by atomic mass is 16.4. The van der Waals surface area contributed by atoms with Crippen molar-refractivity contribution < 1.29 is 14.7 Å². The summed E-state index contributed by atoms with van der Waals surface area (Å²) in [5.41, 5.74) is 2.05. The number of hydrogen-bond donors (Lipinski definition) is 1. The molecule has 3 heterocycles. The van der Waals surface area contributed by atoms with Gasteiger partial charge >= 0.3 is 5.97 Å². The van der Waals surface area contributed by atoms with E-state index in [1.165, 1.54) is 16.5 Å². The fourth-order valence-corrected chi connectivity index (χ4v) is 5.02. The van der Waals surface area contributed by atoms with Crippen molar-refractivity contribution in [2.45, 2.75) is 44.8 Å². The standard InChI is InChI=1S/C21H27N3O3/c1-3-24-10-7-16-15(5-4-6-18(16)24)14-23-11-8-21(9-12-23)17(20(26)27)13-19(25)22(21)2/h4-7,10,17H,3,8-9,11-14H2,1-2H3,(H,26,27). The Hall–Kier alpha value is -2.34. The smallest absolute Gasteiger partial charge is 0.309 e. The fourth-order valence-electron chi connectivity index (χ4n) is 5.02. The van der Waals surface area contributed by atoms with Crippen LogP contribution in [0.2, 0.25) is 0 Å². The molecule has 2 saturated heterocycles. The first-order valence-corrected chi connectivity index (χ1v) is 9.75. The predicted molar refractivity (Wildman–Crippen MR) is 103 cm³/mol. The molecule has 1 aromatic heterocycles. The second-order valence-electron chi connectivity index (χ2n) is 7.88. The summed E-state index contributed by atoms with van der Waals surface area (Å²) in [6, 6.07) is 8.63. The molecule has 1 unspecified atom stereocenters. The molecular weight excluding hydrogens is 342 g/mol. The van der Waals surface area contributed by atoms with E-state index in [0.29, 0.717) is 0 Å². The molecule has 27 heavy (non-hydrogen) atoms. The molecule has 6 heteroatoms. The summed E-state index contributed by atoms with van der Waals surface area (Å²) in [6.45, 7) is 5.58. The largest absolute Gasteiger partial charge is 0.481 e. The van der Waals surface area contributed by atoms with Crippen LogP contribution in [-0.2, 0) is 22.7 Å². The van der Waals surface area contributed by atoms with E-state index in [1.54, 1.807) is 11.9 Å². The van der Waals surface area contributed by atoms with Crippen molar-refractivity contribution in [2.75, 3.05) is 20.1 Å². The first-order chi connectivity index (χ1) is 13.0. The number of carboxylic acid groups (broad SMARTS) is 1. The Morgan fingerprint density at radius 2 is 2.00 bits per heavy atom. The van der Waals surface area contributed by atoms with Gasteiger partial charge < -0.3 is 14.6 Å². The maximum atomic E-state index is 12.2. The Morgan fingerprint density at radius 3 is 2.67 bits per heavy atom. The molecule has 1 N–H and O–H groups in total. The number of benzene rings is 1. The summed E-state index contributed by atoms with van der Waals surface area (Å²) >= 11 is 0. The van der Waals surface area contributed by atoms with Gasteiger partial charge in [-0.3, -0.25) is 14.5 Å². The van der Waals surface area contributed by atoms with Crippen LogP contribution in [0.15, 0.2) is 30.5 Å². The number of aromatic nitrogens is 1. The molecule has 2 fully saturated rings. The number of likely N-dealkylation sites (tertiary alicyclic amines) is 2. The van der Waals surface area contributed by atoms with Crippen LogP contribution >= 0.6 is 0 Å². The number of piperidine rings is 1. The first-order valence-electron chi connectivity index (χ1n) is 9.75. The molecule has 0 aliphatic carbocycles. The van der Waals surface area contributed by atoms with Crippen molar-refractivity contribution in [3.05, 3.63) is 36.0 Å². The number of carboxylic acids is 1.